The minimum absolute atomic E-state index is 0.630. The van der Waals surface area contributed by atoms with Crippen LogP contribution in [-0.4, -0.2) is 0 Å². The lowest BCUT2D eigenvalue weighted by Crippen LogP contribution is -2.35. The number of fused-ring (bicyclic) bond motifs is 11. The number of hydrogen-bond donors (Lipinski definition) is 0. The van der Waals surface area contributed by atoms with Gasteiger partial charge in [-0.25, -0.2) is 0 Å². The van der Waals surface area contributed by atoms with E-state index in [0.717, 1.165) is 55.3 Å². The third-order valence-electron chi connectivity index (χ3n) is 11.0. The standard InChI is InChI=1S/C45H29F3O/c1-43(2)38-25-27(45(46,47)48)19-20-35(38)40-31-15-8-9-16-33(31)42-36(41(40)43)23-24-44(49-42,26-11-4-3-5-12-26)37-22-21-32-29-14-7-6-13-28(29)30-17-10-18-34(37)39(30)32/h3-25H,1-2H3. The number of ether oxygens (including phenoxy) is 1. The molecule has 0 N–H and O–H groups in total. The number of halogens is 3. The number of hydrogen-bond acceptors (Lipinski definition) is 1. The van der Waals surface area contributed by atoms with Crippen LogP contribution in [-0.2, 0) is 17.2 Å². The minimum Gasteiger partial charge on any atom is -0.472 e. The van der Waals surface area contributed by atoms with E-state index in [0.29, 0.717) is 5.56 Å². The van der Waals surface area contributed by atoms with E-state index >= 15 is 0 Å². The zero-order chi connectivity index (χ0) is 33.3. The predicted molar refractivity (Wildman–Crippen MR) is 192 cm³/mol. The van der Waals surface area contributed by atoms with Gasteiger partial charge in [0, 0.05) is 27.5 Å². The molecule has 7 aromatic carbocycles. The fourth-order valence-electron chi connectivity index (χ4n) is 8.88. The quantitative estimate of drug-likeness (QED) is 0.182. The second-order valence-electron chi connectivity index (χ2n) is 13.9. The average Bonchev–Trinajstić information content (AvgIpc) is 3.58. The highest BCUT2D eigenvalue weighted by Gasteiger charge is 2.46. The molecule has 236 valence electrons. The van der Waals surface area contributed by atoms with Gasteiger partial charge in [0.1, 0.15) is 5.75 Å². The summed E-state index contributed by atoms with van der Waals surface area (Å²) >= 11 is 0. The Kier molecular flexibility index (Phi) is 5.51. The maximum absolute atomic E-state index is 14.0. The van der Waals surface area contributed by atoms with Crippen LogP contribution in [0.1, 0.15) is 47.2 Å². The van der Waals surface area contributed by atoms with Crippen LogP contribution >= 0.6 is 0 Å². The average molecular weight is 643 g/mol. The monoisotopic (exact) mass is 642 g/mol. The highest BCUT2D eigenvalue weighted by Crippen LogP contribution is 2.59. The largest absolute Gasteiger partial charge is 0.472 e. The van der Waals surface area contributed by atoms with Crippen molar-refractivity contribution in [2.75, 3.05) is 0 Å². The van der Waals surface area contributed by atoms with Gasteiger partial charge in [0.25, 0.3) is 0 Å². The summed E-state index contributed by atoms with van der Waals surface area (Å²) < 4.78 is 49.5. The summed E-state index contributed by atoms with van der Waals surface area (Å²) in [5.41, 5.74) is 9.02. The van der Waals surface area contributed by atoms with Crippen molar-refractivity contribution in [1.29, 1.82) is 0 Å². The molecule has 1 unspecified atom stereocenters. The van der Waals surface area contributed by atoms with Gasteiger partial charge in [-0.15, -0.1) is 0 Å². The fourth-order valence-corrected chi connectivity index (χ4v) is 8.88. The Morgan fingerprint density at radius 1 is 0.571 bits per heavy atom. The van der Waals surface area contributed by atoms with Gasteiger partial charge in [-0.1, -0.05) is 135 Å². The van der Waals surface area contributed by atoms with Crippen molar-refractivity contribution in [3.8, 4) is 39.1 Å². The number of alkyl halides is 3. The van der Waals surface area contributed by atoms with Crippen molar-refractivity contribution in [3.05, 3.63) is 167 Å². The summed E-state index contributed by atoms with van der Waals surface area (Å²) in [6, 6.07) is 42.2. The molecule has 1 aliphatic heterocycles. The fraction of sp³-hybridized carbons (Fsp3) is 0.111. The van der Waals surface area contributed by atoms with Crippen molar-refractivity contribution >= 4 is 27.6 Å². The Hall–Kier alpha value is -5.61. The van der Waals surface area contributed by atoms with Crippen molar-refractivity contribution < 1.29 is 17.9 Å². The van der Waals surface area contributed by atoms with Crippen molar-refractivity contribution in [3.63, 3.8) is 0 Å². The normalized spacial score (nSPS) is 17.8. The summed E-state index contributed by atoms with van der Waals surface area (Å²) in [4.78, 5) is 0. The minimum atomic E-state index is -4.43. The van der Waals surface area contributed by atoms with E-state index in [9.17, 15) is 13.2 Å². The zero-order valence-corrected chi connectivity index (χ0v) is 26.8. The summed E-state index contributed by atoms with van der Waals surface area (Å²) in [5, 5.41) is 4.25. The van der Waals surface area contributed by atoms with Crippen LogP contribution in [0.15, 0.2) is 133 Å². The summed E-state index contributed by atoms with van der Waals surface area (Å²) in [6.07, 6.45) is -0.111. The van der Waals surface area contributed by atoms with Gasteiger partial charge >= 0.3 is 6.18 Å². The van der Waals surface area contributed by atoms with Crippen LogP contribution in [0, 0.1) is 0 Å². The van der Waals surface area contributed by atoms with Crippen molar-refractivity contribution in [2.45, 2.75) is 31.0 Å². The van der Waals surface area contributed by atoms with Crippen molar-refractivity contribution in [2.24, 2.45) is 0 Å². The lowest BCUT2D eigenvalue weighted by atomic mass is 9.76. The molecule has 0 radical (unpaired) electrons. The molecule has 4 heteroatoms. The summed E-state index contributed by atoms with van der Waals surface area (Å²) in [5.74, 6) is 0.740. The van der Waals surface area contributed by atoms with E-state index in [1.807, 2.05) is 44.2 Å². The molecular weight excluding hydrogens is 613 g/mol. The third kappa shape index (κ3) is 3.66. The van der Waals surface area contributed by atoms with Gasteiger partial charge in [-0.05, 0) is 78.9 Å². The number of rotatable bonds is 2. The van der Waals surface area contributed by atoms with Crippen LogP contribution < -0.4 is 4.74 Å². The Morgan fingerprint density at radius 2 is 1.20 bits per heavy atom. The van der Waals surface area contributed by atoms with E-state index in [-0.39, 0.29) is 0 Å². The highest BCUT2D eigenvalue weighted by atomic mass is 19.4. The van der Waals surface area contributed by atoms with E-state index in [1.54, 1.807) is 6.07 Å². The van der Waals surface area contributed by atoms with Gasteiger partial charge in [0.2, 0.25) is 0 Å². The molecule has 3 aliphatic rings. The maximum Gasteiger partial charge on any atom is 0.416 e. The van der Waals surface area contributed by atoms with Gasteiger partial charge in [0.05, 0.1) is 5.56 Å². The molecule has 49 heavy (non-hydrogen) atoms. The second kappa shape index (κ2) is 9.51. The first-order chi connectivity index (χ1) is 23.7. The molecule has 0 saturated heterocycles. The maximum atomic E-state index is 14.0. The molecule has 1 heterocycles. The molecule has 2 aliphatic carbocycles. The van der Waals surface area contributed by atoms with Gasteiger partial charge in [-0.3, -0.25) is 0 Å². The molecule has 0 aromatic heterocycles. The Labute approximate surface area is 281 Å². The molecular formula is C45H29F3O. The second-order valence-corrected chi connectivity index (χ2v) is 13.9. The zero-order valence-electron chi connectivity index (χ0n) is 26.8. The molecule has 1 atom stereocenters. The van der Waals surface area contributed by atoms with E-state index < -0.39 is 22.8 Å². The first-order valence-electron chi connectivity index (χ1n) is 16.6. The van der Waals surface area contributed by atoms with E-state index in [1.165, 1.54) is 39.8 Å². The van der Waals surface area contributed by atoms with Crippen LogP contribution in [0.5, 0.6) is 5.75 Å². The van der Waals surface area contributed by atoms with Crippen molar-refractivity contribution in [1.82, 2.24) is 0 Å². The lowest BCUT2D eigenvalue weighted by molar-refractivity contribution is -0.137. The number of benzene rings is 7. The first-order valence-corrected chi connectivity index (χ1v) is 16.6. The first kappa shape index (κ1) is 28.4. The van der Waals surface area contributed by atoms with Gasteiger partial charge in [0.15, 0.2) is 5.60 Å². The Balaban J connectivity index is 1.26. The molecule has 10 rings (SSSR count). The van der Waals surface area contributed by atoms with Crippen LogP contribution in [0.3, 0.4) is 0 Å². The van der Waals surface area contributed by atoms with E-state index in [4.69, 9.17) is 4.74 Å². The molecule has 0 amide bonds. The molecule has 7 aromatic rings. The lowest BCUT2D eigenvalue weighted by Gasteiger charge is -2.39. The topological polar surface area (TPSA) is 9.23 Å². The Bertz CT molecular complexity index is 2560. The molecule has 0 bridgehead atoms. The molecule has 0 fully saturated rings. The third-order valence-corrected chi connectivity index (χ3v) is 11.0. The van der Waals surface area contributed by atoms with Crippen LogP contribution in [0.4, 0.5) is 13.2 Å². The summed E-state index contributed by atoms with van der Waals surface area (Å²) in [7, 11) is 0. The molecule has 0 spiro atoms. The van der Waals surface area contributed by atoms with Gasteiger partial charge in [-0.2, -0.15) is 13.2 Å². The SMILES string of the molecule is CC1(C)c2cc(C(F)(F)F)ccc2-c2c1c1c(c3ccccc23)OC(c2ccccc2)(c2ccc3c4c(cccc24)-c2ccccc2-3)C=C1. The van der Waals surface area contributed by atoms with Crippen LogP contribution in [0.25, 0.3) is 61.0 Å². The molecule has 1 nitrogen and oxygen atoms in total. The summed E-state index contributed by atoms with van der Waals surface area (Å²) in [6.45, 7) is 4.06. The highest BCUT2D eigenvalue weighted by molar-refractivity contribution is 6.16. The predicted octanol–water partition coefficient (Wildman–Crippen LogP) is 12.3. The van der Waals surface area contributed by atoms with Crippen LogP contribution in [0.2, 0.25) is 0 Å². The smallest absolute Gasteiger partial charge is 0.416 e. The Morgan fingerprint density at radius 3 is 1.96 bits per heavy atom. The van der Waals surface area contributed by atoms with E-state index in [2.05, 4.69) is 91.0 Å². The molecule has 0 saturated carbocycles. The van der Waals surface area contributed by atoms with Gasteiger partial charge < -0.3 is 4.74 Å².